The number of halogens is 1. The number of nitrogens with one attached hydrogen (secondary N) is 2. The van der Waals surface area contributed by atoms with Gasteiger partial charge in [-0.15, -0.1) is 35.3 Å². The number of thiazole rings is 1. The minimum absolute atomic E-state index is 0. The Balaban J connectivity index is 0.00000312. The smallest absolute Gasteiger partial charge is 0.191 e. The van der Waals surface area contributed by atoms with Gasteiger partial charge in [-0.2, -0.15) is 0 Å². The van der Waals surface area contributed by atoms with Crippen molar-refractivity contribution in [1.29, 1.82) is 0 Å². The number of aryl methyl sites for hydroxylation is 1. The number of aromatic nitrogens is 1. The van der Waals surface area contributed by atoms with E-state index in [0.29, 0.717) is 12.5 Å². The molecule has 0 saturated carbocycles. The molecular formula is C17H31IN4O2S. The van der Waals surface area contributed by atoms with E-state index in [0.717, 1.165) is 70.4 Å². The Labute approximate surface area is 172 Å². The summed E-state index contributed by atoms with van der Waals surface area (Å²) in [5.74, 6) is 1.53. The fourth-order valence-electron chi connectivity index (χ4n) is 2.51. The first kappa shape index (κ1) is 22.6. The molecular weight excluding hydrogens is 451 g/mol. The molecule has 2 heterocycles. The van der Waals surface area contributed by atoms with Gasteiger partial charge in [0.2, 0.25) is 0 Å². The van der Waals surface area contributed by atoms with Crippen LogP contribution < -0.4 is 10.6 Å². The van der Waals surface area contributed by atoms with Gasteiger partial charge in [0.1, 0.15) is 0 Å². The lowest BCUT2D eigenvalue weighted by Gasteiger charge is -2.21. The lowest BCUT2D eigenvalue weighted by molar-refractivity contribution is 0.0203. The number of nitrogens with zero attached hydrogens (tertiary/aromatic N) is 2. The molecule has 2 N–H and O–H groups in total. The topological polar surface area (TPSA) is 67.8 Å². The second kappa shape index (κ2) is 13.7. The third-order valence-corrected chi connectivity index (χ3v) is 4.94. The summed E-state index contributed by atoms with van der Waals surface area (Å²) in [5.41, 5.74) is 2.94. The maximum Gasteiger partial charge on any atom is 0.191 e. The number of ether oxygens (including phenoxy) is 2. The number of hydrogen-bond donors (Lipinski definition) is 2. The molecule has 1 aliphatic heterocycles. The van der Waals surface area contributed by atoms with Crippen molar-refractivity contribution in [2.75, 3.05) is 39.5 Å². The number of rotatable bonds is 9. The van der Waals surface area contributed by atoms with Crippen LogP contribution in [0.3, 0.4) is 0 Å². The minimum Gasteiger partial charge on any atom is -0.381 e. The molecule has 8 heteroatoms. The number of aliphatic imine (C=N–C) groups is 1. The van der Waals surface area contributed by atoms with E-state index in [4.69, 9.17) is 9.47 Å². The summed E-state index contributed by atoms with van der Waals surface area (Å²) >= 11 is 1.66. The van der Waals surface area contributed by atoms with E-state index in [1.165, 1.54) is 4.88 Å². The second-order valence-corrected chi connectivity index (χ2v) is 6.91. The second-order valence-electron chi connectivity index (χ2n) is 5.97. The largest absolute Gasteiger partial charge is 0.381 e. The molecule has 0 aromatic carbocycles. The van der Waals surface area contributed by atoms with Crippen LogP contribution in [0.2, 0.25) is 0 Å². The van der Waals surface area contributed by atoms with Crippen LogP contribution in [0.5, 0.6) is 0 Å². The highest BCUT2D eigenvalue weighted by molar-refractivity contribution is 14.0. The monoisotopic (exact) mass is 482 g/mol. The molecule has 0 spiro atoms. The summed E-state index contributed by atoms with van der Waals surface area (Å²) in [6.45, 7) is 9.92. The summed E-state index contributed by atoms with van der Waals surface area (Å²) in [7, 11) is 0. The van der Waals surface area contributed by atoms with Crippen LogP contribution in [0.25, 0.3) is 0 Å². The van der Waals surface area contributed by atoms with Crippen LogP contribution >= 0.6 is 35.3 Å². The third-order valence-electron chi connectivity index (χ3n) is 4.02. The normalized spacial score (nSPS) is 15.7. The first-order chi connectivity index (χ1) is 11.8. The highest BCUT2D eigenvalue weighted by atomic mass is 127. The molecule has 0 unspecified atom stereocenters. The van der Waals surface area contributed by atoms with Gasteiger partial charge in [0.15, 0.2) is 5.96 Å². The van der Waals surface area contributed by atoms with Crippen molar-refractivity contribution in [1.82, 2.24) is 15.6 Å². The lowest BCUT2D eigenvalue weighted by atomic mass is 10.0. The van der Waals surface area contributed by atoms with Gasteiger partial charge in [0, 0.05) is 44.4 Å². The first-order valence-electron chi connectivity index (χ1n) is 8.86. The third kappa shape index (κ3) is 9.16. The van der Waals surface area contributed by atoms with Gasteiger partial charge >= 0.3 is 0 Å². The molecule has 1 aromatic rings. The van der Waals surface area contributed by atoms with Gasteiger partial charge < -0.3 is 20.1 Å². The number of guanidine groups is 1. The highest BCUT2D eigenvalue weighted by Gasteiger charge is 2.13. The van der Waals surface area contributed by atoms with Crippen LogP contribution in [-0.2, 0) is 16.0 Å². The molecule has 1 aromatic heterocycles. The van der Waals surface area contributed by atoms with Crippen molar-refractivity contribution in [2.45, 2.75) is 39.7 Å². The molecule has 1 fully saturated rings. The van der Waals surface area contributed by atoms with E-state index in [1.807, 2.05) is 12.4 Å². The average Bonchev–Trinajstić information content (AvgIpc) is 3.01. The van der Waals surface area contributed by atoms with Gasteiger partial charge in [-0.05, 0) is 39.0 Å². The van der Waals surface area contributed by atoms with E-state index in [9.17, 15) is 0 Å². The molecule has 0 atom stereocenters. The van der Waals surface area contributed by atoms with E-state index in [1.54, 1.807) is 11.3 Å². The van der Waals surface area contributed by atoms with Crippen molar-refractivity contribution in [3.05, 3.63) is 16.1 Å². The van der Waals surface area contributed by atoms with Crippen LogP contribution in [0, 0.1) is 12.8 Å². The van der Waals surface area contributed by atoms with Gasteiger partial charge in [0.25, 0.3) is 0 Å². The molecule has 0 bridgehead atoms. The summed E-state index contributed by atoms with van der Waals surface area (Å²) in [6, 6.07) is 0. The van der Waals surface area contributed by atoms with Crippen LogP contribution in [0.15, 0.2) is 10.5 Å². The Kier molecular flexibility index (Phi) is 12.4. The highest BCUT2D eigenvalue weighted by Crippen LogP contribution is 2.14. The Morgan fingerprint density at radius 1 is 1.40 bits per heavy atom. The average molecular weight is 482 g/mol. The molecule has 0 amide bonds. The summed E-state index contributed by atoms with van der Waals surface area (Å²) < 4.78 is 11.1. The van der Waals surface area contributed by atoms with Crippen LogP contribution in [0.4, 0.5) is 0 Å². The predicted octanol–water partition coefficient (Wildman–Crippen LogP) is 2.96. The molecule has 1 saturated heterocycles. The summed E-state index contributed by atoms with van der Waals surface area (Å²) in [4.78, 5) is 10.1. The van der Waals surface area contributed by atoms with Crippen LogP contribution in [-0.4, -0.2) is 50.5 Å². The van der Waals surface area contributed by atoms with Crippen molar-refractivity contribution >= 4 is 41.3 Å². The fourth-order valence-corrected chi connectivity index (χ4v) is 3.22. The van der Waals surface area contributed by atoms with E-state index in [-0.39, 0.29) is 24.0 Å². The van der Waals surface area contributed by atoms with Gasteiger partial charge in [-0.3, -0.25) is 0 Å². The molecule has 2 rings (SSSR count). The Bertz CT molecular complexity index is 493. The molecule has 1 aliphatic rings. The summed E-state index contributed by atoms with van der Waals surface area (Å²) in [6.07, 6.45) is 3.24. The van der Waals surface area contributed by atoms with Crippen molar-refractivity contribution < 1.29 is 9.47 Å². The molecule has 0 radical (unpaired) electrons. The zero-order chi connectivity index (χ0) is 17.0. The van der Waals surface area contributed by atoms with Crippen LogP contribution in [0.1, 0.15) is 36.8 Å². The predicted molar refractivity (Wildman–Crippen MR) is 114 cm³/mol. The molecule has 144 valence electrons. The minimum atomic E-state index is 0. The van der Waals surface area contributed by atoms with Gasteiger partial charge in [-0.25, -0.2) is 9.98 Å². The molecule has 25 heavy (non-hydrogen) atoms. The quantitative estimate of drug-likeness (QED) is 0.245. The Hall–Kier alpha value is -0.450. The molecule has 6 nitrogen and oxygen atoms in total. The fraction of sp³-hybridized carbons (Fsp3) is 0.765. The van der Waals surface area contributed by atoms with E-state index >= 15 is 0 Å². The number of hydrogen-bond acceptors (Lipinski definition) is 5. The zero-order valence-electron chi connectivity index (χ0n) is 15.3. The van der Waals surface area contributed by atoms with Crippen molar-refractivity contribution in [3.63, 3.8) is 0 Å². The van der Waals surface area contributed by atoms with E-state index < -0.39 is 0 Å². The standard InChI is InChI=1S/C17H30N4O2S.HI/c1-3-18-17(20-11-16-14(2)21-13-24-16)19-7-4-8-23-12-15-5-9-22-10-6-15;/h13,15H,3-12H2,1-2H3,(H2,18,19,20);1H. The maximum atomic E-state index is 5.79. The van der Waals surface area contributed by atoms with Gasteiger partial charge in [0.05, 0.1) is 17.7 Å². The summed E-state index contributed by atoms with van der Waals surface area (Å²) in [5, 5.41) is 6.64. The SMILES string of the molecule is CCNC(=NCc1scnc1C)NCCCOCC1CCOCC1.I. The Morgan fingerprint density at radius 2 is 2.20 bits per heavy atom. The van der Waals surface area contributed by atoms with Crippen molar-refractivity contribution in [3.8, 4) is 0 Å². The Morgan fingerprint density at radius 3 is 2.88 bits per heavy atom. The first-order valence-corrected chi connectivity index (χ1v) is 9.74. The van der Waals surface area contributed by atoms with Crippen molar-refractivity contribution in [2.24, 2.45) is 10.9 Å². The van der Waals surface area contributed by atoms with Gasteiger partial charge in [-0.1, -0.05) is 0 Å². The molecule has 0 aliphatic carbocycles. The zero-order valence-corrected chi connectivity index (χ0v) is 18.4. The maximum absolute atomic E-state index is 5.79. The van der Waals surface area contributed by atoms with E-state index in [2.05, 4.69) is 27.5 Å². The lowest BCUT2D eigenvalue weighted by Crippen LogP contribution is -2.38.